The third-order valence-corrected chi connectivity index (χ3v) is 2.82. The number of nitrogens with zero attached hydrogens (tertiary/aromatic N) is 2. The SMILES string of the molecule is O=C1NCCn2c(C(=O)O)nc3cccc1c32. The van der Waals surface area contributed by atoms with Crippen LogP contribution < -0.4 is 5.32 Å². The van der Waals surface area contributed by atoms with E-state index in [1.165, 1.54) is 0 Å². The van der Waals surface area contributed by atoms with Crippen LogP contribution in [0.15, 0.2) is 18.2 Å². The van der Waals surface area contributed by atoms with Gasteiger partial charge in [0.1, 0.15) is 0 Å². The van der Waals surface area contributed by atoms with Gasteiger partial charge in [-0.2, -0.15) is 0 Å². The second kappa shape index (κ2) is 3.31. The molecule has 0 saturated heterocycles. The largest absolute Gasteiger partial charge is 0.475 e. The van der Waals surface area contributed by atoms with E-state index in [1.54, 1.807) is 22.8 Å². The molecule has 17 heavy (non-hydrogen) atoms. The van der Waals surface area contributed by atoms with E-state index < -0.39 is 5.97 Å². The van der Waals surface area contributed by atoms with Gasteiger partial charge in [-0.15, -0.1) is 0 Å². The van der Waals surface area contributed by atoms with Gasteiger partial charge in [0.05, 0.1) is 16.6 Å². The Morgan fingerprint density at radius 3 is 3.06 bits per heavy atom. The Kier molecular flexibility index (Phi) is 1.91. The summed E-state index contributed by atoms with van der Waals surface area (Å²) in [5.41, 5.74) is 1.61. The summed E-state index contributed by atoms with van der Waals surface area (Å²) >= 11 is 0. The average molecular weight is 231 g/mol. The maximum atomic E-state index is 11.8. The first kappa shape index (κ1) is 9.83. The van der Waals surface area contributed by atoms with Crippen molar-refractivity contribution >= 4 is 22.9 Å². The normalized spacial score (nSPS) is 14.5. The van der Waals surface area contributed by atoms with Gasteiger partial charge in [-0.05, 0) is 12.1 Å². The van der Waals surface area contributed by atoms with Crippen LogP contribution in [0.4, 0.5) is 0 Å². The van der Waals surface area contributed by atoms with E-state index in [-0.39, 0.29) is 11.7 Å². The Hall–Kier alpha value is -2.37. The fraction of sp³-hybridized carbons (Fsp3) is 0.182. The van der Waals surface area contributed by atoms with E-state index in [0.717, 1.165) is 0 Å². The van der Waals surface area contributed by atoms with E-state index in [2.05, 4.69) is 10.3 Å². The predicted octanol–water partition coefficient (Wildman–Crippen LogP) is 0.478. The summed E-state index contributed by atoms with van der Waals surface area (Å²) in [4.78, 5) is 26.9. The van der Waals surface area contributed by atoms with Gasteiger partial charge in [-0.25, -0.2) is 9.78 Å². The summed E-state index contributed by atoms with van der Waals surface area (Å²) in [7, 11) is 0. The first-order valence-electron chi connectivity index (χ1n) is 5.19. The number of carboxylic acid groups (broad SMARTS) is 1. The summed E-state index contributed by atoms with van der Waals surface area (Å²) in [6.45, 7) is 0.820. The number of aromatic nitrogens is 2. The van der Waals surface area contributed by atoms with Gasteiger partial charge in [-0.1, -0.05) is 6.07 Å². The van der Waals surface area contributed by atoms with Crippen molar-refractivity contribution in [3.8, 4) is 0 Å². The van der Waals surface area contributed by atoms with Gasteiger partial charge in [0, 0.05) is 13.1 Å². The van der Waals surface area contributed by atoms with E-state index in [1.807, 2.05) is 0 Å². The van der Waals surface area contributed by atoms with Crippen LogP contribution >= 0.6 is 0 Å². The molecule has 2 aromatic rings. The number of para-hydroxylation sites is 1. The molecule has 0 saturated carbocycles. The molecular weight excluding hydrogens is 222 g/mol. The van der Waals surface area contributed by atoms with Crippen molar-refractivity contribution in [2.75, 3.05) is 6.54 Å². The van der Waals surface area contributed by atoms with Crippen LogP contribution in [0.3, 0.4) is 0 Å². The van der Waals surface area contributed by atoms with Gasteiger partial charge in [-0.3, -0.25) is 4.79 Å². The Morgan fingerprint density at radius 1 is 1.47 bits per heavy atom. The fourth-order valence-electron chi connectivity index (χ4n) is 2.13. The molecule has 3 rings (SSSR count). The number of amides is 1. The summed E-state index contributed by atoms with van der Waals surface area (Å²) in [6, 6.07) is 5.08. The van der Waals surface area contributed by atoms with Crippen LogP contribution in [0, 0.1) is 0 Å². The minimum Gasteiger partial charge on any atom is -0.475 e. The molecule has 0 unspecified atom stereocenters. The Bertz CT molecular complexity index is 645. The number of imidazole rings is 1. The quantitative estimate of drug-likeness (QED) is 0.747. The number of nitrogens with one attached hydrogen (secondary N) is 1. The molecule has 2 heterocycles. The molecule has 6 heteroatoms. The number of carbonyl (C=O) groups excluding carboxylic acids is 1. The number of carboxylic acids is 1. The minimum absolute atomic E-state index is 0.0241. The van der Waals surface area contributed by atoms with Gasteiger partial charge in [0.15, 0.2) is 0 Å². The van der Waals surface area contributed by atoms with Crippen LogP contribution in [0.1, 0.15) is 21.0 Å². The molecule has 1 aliphatic rings. The molecule has 0 radical (unpaired) electrons. The van der Waals surface area contributed by atoms with Crippen molar-refractivity contribution < 1.29 is 14.7 Å². The van der Waals surface area contributed by atoms with Crippen LogP contribution in [-0.4, -0.2) is 33.1 Å². The number of aromatic carboxylic acids is 1. The topological polar surface area (TPSA) is 84.2 Å². The monoisotopic (exact) mass is 231 g/mol. The zero-order valence-corrected chi connectivity index (χ0v) is 8.80. The molecule has 0 aliphatic carbocycles. The lowest BCUT2D eigenvalue weighted by atomic mass is 10.2. The van der Waals surface area contributed by atoms with Gasteiger partial charge >= 0.3 is 5.97 Å². The number of hydrogen-bond donors (Lipinski definition) is 2. The smallest absolute Gasteiger partial charge is 0.372 e. The third-order valence-electron chi connectivity index (χ3n) is 2.82. The molecule has 0 bridgehead atoms. The molecule has 1 aliphatic heterocycles. The number of benzene rings is 1. The molecule has 0 fully saturated rings. The zero-order chi connectivity index (χ0) is 12.0. The fourth-order valence-corrected chi connectivity index (χ4v) is 2.13. The molecule has 0 atom stereocenters. The molecular formula is C11H9N3O3. The zero-order valence-electron chi connectivity index (χ0n) is 8.80. The lowest BCUT2D eigenvalue weighted by Gasteiger charge is -2.02. The molecule has 1 aromatic carbocycles. The van der Waals surface area contributed by atoms with E-state index in [0.29, 0.717) is 29.7 Å². The van der Waals surface area contributed by atoms with Crippen molar-refractivity contribution in [1.29, 1.82) is 0 Å². The number of rotatable bonds is 1. The summed E-state index contributed by atoms with van der Waals surface area (Å²) in [6.07, 6.45) is 0. The second-order valence-electron chi connectivity index (χ2n) is 3.82. The highest BCUT2D eigenvalue weighted by molar-refractivity contribution is 6.06. The summed E-state index contributed by atoms with van der Waals surface area (Å²) < 4.78 is 1.57. The second-order valence-corrected chi connectivity index (χ2v) is 3.82. The van der Waals surface area contributed by atoms with Crippen LogP contribution in [0.5, 0.6) is 0 Å². The highest BCUT2D eigenvalue weighted by Gasteiger charge is 2.23. The number of carbonyl (C=O) groups is 2. The van der Waals surface area contributed by atoms with Crippen molar-refractivity contribution in [1.82, 2.24) is 14.9 Å². The summed E-state index contributed by atoms with van der Waals surface area (Å²) in [5, 5.41) is 11.8. The first-order chi connectivity index (χ1) is 8.18. The molecule has 0 spiro atoms. The molecule has 2 N–H and O–H groups in total. The van der Waals surface area contributed by atoms with Gasteiger partial charge < -0.3 is 15.0 Å². The molecule has 86 valence electrons. The standard InChI is InChI=1S/C11H9N3O3/c15-10-6-2-1-3-7-8(6)14(5-4-12-10)9(13-7)11(16)17/h1-3H,4-5H2,(H,12,15)(H,16,17). The third kappa shape index (κ3) is 1.30. The minimum atomic E-state index is -1.08. The molecule has 1 amide bonds. The van der Waals surface area contributed by atoms with Crippen LogP contribution in [0.25, 0.3) is 11.0 Å². The predicted molar refractivity (Wildman–Crippen MR) is 59.0 cm³/mol. The van der Waals surface area contributed by atoms with E-state index in [4.69, 9.17) is 5.11 Å². The van der Waals surface area contributed by atoms with Crippen LogP contribution in [0.2, 0.25) is 0 Å². The Balaban J connectivity index is 2.43. The van der Waals surface area contributed by atoms with Crippen molar-refractivity contribution in [2.24, 2.45) is 0 Å². The Morgan fingerprint density at radius 2 is 2.29 bits per heavy atom. The van der Waals surface area contributed by atoms with Crippen molar-refractivity contribution in [2.45, 2.75) is 6.54 Å². The average Bonchev–Trinajstić information content (AvgIpc) is 2.59. The van der Waals surface area contributed by atoms with Crippen molar-refractivity contribution in [3.05, 3.63) is 29.6 Å². The lowest BCUT2D eigenvalue weighted by Crippen LogP contribution is -2.24. The molecule has 6 nitrogen and oxygen atoms in total. The maximum absolute atomic E-state index is 11.8. The summed E-state index contributed by atoms with van der Waals surface area (Å²) in [5.74, 6) is -1.29. The first-order valence-corrected chi connectivity index (χ1v) is 5.19. The number of hydrogen-bond acceptors (Lipinski definition) is 3. The van der Waals surface area contributed by atoms with Gasteiger partial charge in [0.2, 0.25) is 5.82 Å². The highest BCUT2D eigenvalue weighted by atomic mass is 16.4. The van der Waals surface area contributed by atoms with Crippen LogP contribution in [-0.2, 0) is 6.54 Å². The van der Waals surface area contributed by atoms with Gasteiger partial charge in [0.25, 0.3) is 5.91 Å². The lowest BCUT2D eigenvalue weighted by molar-refractivity contribution is 0.0679. The van der Waals surface area contributed by atoms with E-state index >= 15 is 0 Å². The molecule has 1 aromatic heterocycles. The maximum Gasteiger partial charge on any atom is 0.372 e. The van der Waals surface area contributed by atoms with Crippen molar-refractivity contribution in [3.63, 3.8) is 0 Å². The Labute approximate surface area is 95.9 Å². The highest BCUT2D eigenvalue weighted by Crippen LogP contribution is 2.22. The van der Waals surface area contributed by atoms with E-state index in [9.17, 15) is 9.59 Å².